The maximum atomic E-state index is 11.8. The van der Waals surface area contributed by atoms with E-state index < -0.39 is 24.4 Å². The van der Waals surface area contributed by atoms with E-state index in [4.69, 9.17) is 9.15 Å². The van der Waals surface area contributed by atoms with Gasteiger partial charge in [0.15, 0.2) is 6.61 Å². The van der Waals surface area contributed by atoms with Crippen LogP contribution in [0.4, 0.5) is 0 Å². The van der Waals surface area contributed by atoms with Crippen LogP contribution in [0.25, 0.3) is 11.3 Å². The summed E-state index contributed by atoms with van der Waals surface area (Å²) in [5, 5.41) is 3.90. The van der Waals surface area contributed by atoms with E-state index in [0.29, 0.717) is 17.1 Å². The molecule has 0 fully saturated rings. The summed E-state index contributed by atoms with van der Waals surface area (Å²) >= 11 is 1.22. The van der Waals surface area contributed by atoms with E-state index in [1.165, 1.54) is 11.3 Å². The van der Waals surface area contributed by atoms with Gasteiger partial charge in [-0.25, -0.2) is 0 Å². The monoisotopic (exact) mass is 383 g/mol. The first-order valence-corrected chi connectivity index (χ1v) is 9.17. The molecule has 0 saturated carbocycles. The Morgan fingerprint density at radius 3 is 2.56 bits per heavy atom. The molecule has 138 valence electrons. The Bertz CT molecular complexity index is 915. The number of furan rings is 1. The highest BCUT2D eigenvalue weighted by molar-refractivity contribution is 7.12. The van der Waals surface area contributed by atoms with Crippen molar-refractivity contribution in [1.29, 1.82) is 0 Å². The number of hydrogen-bond donors (Lipinski definition) is 1. The number of aryl methyl sites for hydroxylation is 1. The SMILES string of the molecule is O=C(COC(=O)CCc1ccc(-c2ccccc2)o1)NC(=O)c1cccs1. The molecule has 2 aromatic heterocycles. The highest BCUT2D eigenvalue weighted by Gasteiger charge is 2.14. The first kappa shape index (κ1) is 18.6. The molecule has 6 nitrogen and oxygen atoms in total. The lowest BCUT2D eigenvalue weighted by molar-refractivity contribution is -0.148. The Hall–Kier alpha value is -3.19. The number of esters is 1. The van der Waals surface area contributed by atoms with Crippen molar-refractivity contribution >= 4 is 29.1 Å². The van der Waals surface area contributed by atoms with E-state index in [9.17, 15) is 14.4 Å². The van der Waals surface area contributed by atoms with Gasteiger partial charge in [-0.15, -0.1) is 11.3 Å². The number of imide groups is 1. The number of amides is 2. The largest absolute Gasteiger partial charge is 0.461 e. The Kier molecular flexibility index (Phi) is 6.17. The number of hydrogen-bond acceptors (Lipinski definition) is 6. The zero-order valence-electron chi connectivity index (χ0n) is 14.3. The molecule has 0 aliphatic rings. The molecule has 0 unspecified atom stereocenters. The molecule has 0 aliphatic carbocycles. The third-order valence-corrected chi connectivity index (χ3v) is 4.53. The van der Waals surface area contributed by atoms with E-state index in [-0.39, 0.29) is 6.42 Å². The van der Waals surface area contributed by atoms with Gasteiger partial charge in [-0.05, 0) is 23.6 Å². The predicted molar refractivity (Wildman–Crippen MR) is 100 cm³/mol. The third-order valence-electron chi connectivity index (χ3n) is 3.66. The van der Waals surface area contributed by atoms with Crippen molar-refractivity contribution in [2.24, 2.45) is 0 Å². The van der Waals surface area contributed by atoms with Crippen molar-refractivity contribution in [2.45, 2.75) is 12.8 Å². The molecule has 27 heavy (non-hydrogen) atoms. The Labute approximate surface area is 159 Å². The second-order valence-electron chi connectivity index (χ2n) is 5.65. The summed E-state index contributed by atoms with van der Waals surface area (Å²) in [5.74, 6) is -0.318. The van der Waals surface area contributed by atoms with Crippen molar-refractivity contribution < 1.29 is 23.5 Å². The first-order valence-electron chi connectivity index (χ1n) is 8.29. The second kappa shape index (κ2) is 8.95. The van der Waals surface area contributed by atoms with Crippen LogP contribution in [0.15, 0.2) is 64.4 Å². The molecule has 3 aromatic rings. The van der Waals surface area contributed by atoms with Gasteiger partial charge < -0.3 is 9.15 Å². The van der Waals surface area contributed by atoms with Crippen LogP contribution < -0.4 is 5.32 Å². The van der Waals surface area contributed by atoms with E-state index in [1.54, 1.807) is 17.5 Å². The van der Waals surface area contributed by atoms with Gasteiger partial charge in [-0.3, -0.25) is 19.7 Å². The van der Waals surface area contributed by atoms with Gasteiger partial charge >= 0.3 is 5.97 Å². The van der Waals surface area contributed by atoms with Gasteiger partial charge in [-0.1, -0.05) is 36.4 Å². The molecule has 0 atom stereocenters. The number of carbonyl (C=O) groups excluding carboxylic acids is 3. The summed E-state index contributed by atoms with van der Waals surface area (Å²) in [7, 11) is 0. The van der Waals surface area contributed by atoms with Crippen LogP contribution in [0.2, 0.25) is 0 Å². The van der Waals surface area contributed by atoms with Gasteiger partial charge in [-0.2, -0.15) is 0 Å². The number of ether oxygens (including phenoxy) is 1. The summed E-state index contributed by atoms with van der Waals surface area (Å²) < 4.78 is 10.6. The average Bonchev–Trinajstić information content (AvgIpc) is 3.37. The normalized spacial score (nSPS) is 10.4. The van der Waals surface area contributed by atoms with Gasteiger partial charge in [0.05, 0.1) is 11.3 Å². The van der Waals surface area contributed by atoms with Crippen molar-refractivity contribution in [3.05, 3.63) is 70.6 Å². The summed E-state index contributed by atoms with van der Waals surface area (Å²) in [6.07, 6.45) is 0.440. The molecule has 7 heteroatoms. The highest BCUT2D eigenvalue weighted by Crippen LogP contribution is 2.22. The minimum absolute atomic E-state index is 0.0773. The van der Waals surface area contributed by atoms with Crippen LogP contribution in [-0.4, -0.2) is 24.4 Å². The molecule has 0 spiro atoms. The Balaban J connectivity index is 1.40. The quantitative estimate of drug-likeness (QED) is 0.632. The number of benzene rings is 1. The molecule has 3 rings (SSSR count). The number of carbonyl (C=O) groups is 3. The molecule has 2 heterocycles. The van der Waals surface area contributed by atoms with Crippen LogP contribution in [-0.2, 0) is 20.7 Å². The standard InChI is InChI=1S/C20H17NO5S/c22-18(21-20(24)17-7-4-12-27-17)13-25-19(23)11-9-15-8-10-16(26-15)14-5-2-1-3-6-14/h1-8,10,12H,9,11,13H2,(H,21,22,24). The van der Waals surface area contributed by atoms with E-state index >= 15 is 0 Å². The zero-order chi connectivity index (χ0) is 19.1. The lowest BCUT2D eigenvalue weighted by Crippen LogP contribution is -2.33. The minimum atomic E-state index is -0.661. The van der Waals surface area contributed by atoms with Crippen LogP contribution >= 0.6 is 11.3 Å². The predicted octanol–water partition coefficient (Wildman–Crippen LogP) is 3.44. The first-order chi connectivity index (χ1) is 13.1. The summed E-state index contributed by atoms with van der Waals surface area (Å²) in [5.41, 5.74) is 0.957. The smallest absolute Gasteiger partial charge is 0.306 e. The topological polar surface area (TPSA) is 85.6 Å². The highest BCUT2D eigenvalue weighted by atomic mass is 32.1. The van der Waals surface area contributed by atoms with Crippen molar-refractivity contribution in [3.8, 4) is 11.3 Å². The molecular weight excluding hydrogens is 366 g/mol. The van der Waals surface area contributed by atoms with Crippen LogP contribution in [0.5, 0.6) is 0 Å². The van der Waals surface area contributed by atoms with Gasteiger partial charge in [0.1, 0.15) is 11.5 Å². The van der Waals surface area contributed by atoms with E-state index in [2.05, 4.69) is 5.32 Å². The maximum Gasteiger partial charge on any atom is 0.306 e. The van der Waals surface area contributed by atoms with E-state index in [0.717, 1.165) is 11.3 Å². The Morgan fingerprint density at radius 1 is 1.00 bits per heavy atom. The van der Waals surface area contributed by atoms with Gasteiger partial charge in [0.25, 0.3) is 11.8 Å². The minimum Gasteiger partial charge on any atom is -0.461 e. The van der Waals surface area contributed by atoms with E-state index in [1.807, 2.05) is 42.5 Å². The number of rotatable bonds is 7. The number of thiophene rings is 1. The zero-order valence-corrected chi connectivity index (χ0v) is 15.2. The summed E-state index contributed by atoms with van der Waals surface area (Å²) in [6.45, 7) is -0.497. The molecule has 0 radical (unpaired) electrons. The third kappa shape index (κ3) is 5.39. The van der Waals surface area contributed by atoms with Crippen LogP contribution in [0.3, 0.4) is 0 Å². The van der Waals surface area contributed by atoms with Crippen LogP contribution in [0, 0.1) is 0 Å². The number of nitrogens with one attached hydrogen (secondary N) is 1. The lowest BCUT2D eigenvalue weighted by Gasteiger charge is -2.04. The molecule has 1 aromatic carbocycles. The fourth-order valence-corrected chi connectivity index (χ4v) is 2.96. The van der Waals surface area contributed by atoms with Crippen molar-refractivity contribution in [1.82, 2.24) is 5.32 Å². The molecule has 0 saturated heterocycles. The fraction of sp³-hybridized carbons (Fsp3) is 0.150. The molecule has 2 amide bonds. The molecule has 1 N–H and O–H groups in total. The molecule has 0 aliphatic heterocycles. The summed E-state index contributed by atoms with van der Waals surface area (Å²) in [6, 6.07) is 16.6. The van der Waals surface area contributed by atoms with Crippen LogP contribution in [0.1, 0.15) is 21.9 Å². The fourth-order valence-electron chi connectivity index (χ4n) is 2.35. The Morgan fingerprint density at radius 2 is 1.81 bits per heavy atom. The van der Waals surface area contributed by atoms with Crippen molar-refractivity contribution in [2.75, 3.05) is 6.61 Å². The molecular formula is C20H17NO5S. The molecule has 0 bridgehead atoms. The van der Waals surface area contributed by atoms with Gasteiger partial charge in [0.2, 0.25) is 0 Å². The van der Waals surface area contributed by atoms with Gasteiger partial charge in [0, 0.05) is 12.0 Å². The lowest BCUT2D eigenvalue weighted by atomic mass is 10.2. The summed E-state index contributed by atoms with van der Waals surface area (Å²) in [4.78, 5) is 35.6. The average molecular weight is 383 g/mol. The maximum absolute atomic E-state index is 11.8. The second-order valence-corrected chi connectivity index (χ2v) is 6.59. The van der Waals surface area contributed by atoms with Crippen molar-refractivity contribution in [3.63, 3.8) is 0 Å².